The molecule has 0 aliphatic heterocycles. The number of ether oxygens (including phenoxy) is 2. The van der Waals surface area contributed by atoms with Crippen molar-refractivity contribution in [3.8, 4) is 11.5 Å². The Hall–Kier alpha value is -1.71. The van der Waals surface area contributed by atoms with Gasteiger partial charge in [-0.3, -0.25) is 4.79 Å². The maximum Gasteiger partial charge on any atom is 0.222 e. The van der Waals surface area contributed by atoms with Crippen LogP contribution in [-0.2, 0) is 4.79 Å². The van der Waals surface area contributed by atoms with Crippen LogP contribution in [0, 0.1) is 5.92 Å². The third-order valence-electron chi connectivity index (χ3n) is 2.77. The van der Waals surface area contributed by atoms with Gasteiger partial charge in [0.1, 0.15) is 18.1 Å². The van der Waals surface area contributed by atoms with Crippen molar-refractivity contribution in [1.29, 1.82) is 0 Å². The van der Waals surface area contributed by atoms with Crippen molar-refractivity contribution in [2.75, 3.05) is 20.3 Å². The second-order valence-electron chi connectivity index (χ2n) is 4.13. The highest BCUT2D eigenvalue weighted by atomic mass is 16.5. The summed E-state index contributed by atoms with van der Waals surface area (Å²) in [6.45, 7) is 4.88. The van der Waals surface area contributed by atoms with Gasteiger partial charge in [-0.2, -0.15) is 0 Å². The fourth-order valence-corrected chi connectivity index (χ4v) is 1.39. The molecule has 1 rings (SSSR count). The van der Waals surface area contributed by atoms with E-state index in [9.17, 15) is 4.79 Å². The zero-order valence-corrected chi connectivity index (χ0v) is 11.2. The molecule has 0 bridgehead atoms. The molecule has 1 N–H and O–H groups in total. The quantitative estimate of drug-likeness (QED) is 0.756. The van der Waals surface area contributed by atoms with E-state index in [1.54, 1.807) is 7.11 Å². The molecule has 1 amide bonds. The van der Waals surface area contributed by atoms with Crippen molar-refractivity contribution < 1.29 is 14.3 Å². The van der Waals surface area contributed by atoms with Crippen LogP contribution in [0.25, 0.3) is 0 Å². The molecule has 18 heavy (non-hydrogen) atoms. The van der Waals surface area contributed by atoms with Gasteiger partial charge in [0.05, 0.1) is 13.7 Å². The molecule has 0 saturated carbocycles. The molecule has 0 saturated heterocycles. The molecule has 0 aliphatic rings. The third kappa shape index (κ3) is 4.65. The van der Waals surface area contributed by atoms with Crippen molar-refractivity contribution in [1.82, 2.24) is 5.32 Å². The zero-order chi connectivity index (χ0) is 13.4. The van der Waals surface area contributed by atoms with Gasteiger partial charge in [-0.1, -0.05) is 19.9 Å². The minimum Gasteiger partial charge on any atom is -0.497 e. The van der Waals surface area contributed by atoms with Crippen molar-refractivity contribution in [3.63, 3.8) is 0 Å². The number of hydrogen-bond acceptors (Lipinski definition) is 3. The molecule has 0 spiro atoms. The van der Waals surface area contributed by atoms with Crippen LogP contribution >= 0.6 is 0 Å². The molecule has 1 atom stereocenters. The number of carbonyl (C=O) groups is 1. The standard InChI is InChI=1S/C14H21NO3/c1-4-11(2)14(16)15-8-9-18-13-7-5-6-12(10-13)17-3/h5-7,10-11H,4,8-9H2,1-3H3,(H,15,16). The lowest BCUT2D eigenvalue weighted by atomic mass is 10.1. The predicted octanol–water partition coefficient (Wildman–Crippen LogP) is 2.24. The summed E-state index contributed by atoms with van der Waals surface area (Å²) in [5, 5.41) is 2.84. The first-order valence-corrected chi connectivity index (χ1v) is 6.22. The maximum absolute atomic E-state index is 11.5. The van der Waals surface area contributed by atoms with Gasteiger partial charge in [0.25, 0.3) is 0 Å². The van der Waals surface area contributed by atoms with Crippen LogP contribution in [0.15, 0.2) is 24.3 Å². The summed E-state index contributed by atoms with van der Waals surface area (Å²) in [5.41, 5.74) is 0. The number of carbonyl (C=O) groups excluding carboxylic acids is 1. The van der Waals surface area contributed by atoms with Gasteiger partial charge in [-0.15, -0.1) is 0 Å². The Morgan fingerprint density at radius 1 is 1.39 bits per heavy atom. The summed E-state index contributed by atoms with van der Waals surface area (Å²) in [5.74, 6) is 1.64. The Labute approximate surface area is 108 Å². The predicted molar refractivity (Wildman–Crippen MR) is 71.0 cm³/mol. The second-order valence-corrected chi connectivity index (χ2v) is 4.13. The molecular formula is C14H21NO3. The molecule has 4 nitrogen and oxygen atoms in total. The van der Waals surface area contributed by atoms with Gasteiger partial charge in [0.15, 0.2) is 0 Å². The molecule has 0 aromatic heterocycles. The van der Waals surface area contributed by atoms with E-state index < -0.39 is 0 Å². The van der Waals surface area contributed by atoms with E-state index in [0.29, 0.717) is 13.2 Å². The fourth-order valence-electron chi connectivity index (χ4n) is 1.39. The van der Waals surface area contributed by atoms with Crippen LogP contribution in [-0.4, -0.2) is 26.2 Å². The first-order valence-electron chi connectivity index (χ1n) is 6.22. The van der Waals surface area contributed by atoms with Crippen molar-refractivity contribution in [3.05, 3.63) is 24.3 Å². The number of hydrogen-bond donors (Lipinski definition) is 1. The Bertz CT molecular complexity index is 379. The highest BCUT2D eigenvalue weighted by molar-refractivity contribution is 5.78. The first kappa shape index (κ1) is 14.4. The highest BCUT2D eigenvalue weighted by Crippen LogP contribution is 2.18. The van der Waals surface area contributed by atoms with Gasteiger partial charge in [-0.25, -0.2) is 0 Å². The minimum absolute atomic E-state index is 0.0572. The summed E-state index contributed by atoms with van der Waals surface area (Å²) in [6, 6.07) is 7.40. The van der Waals surface area contributed by atoms with E-state index >= 15 is 0 Å². The Morgan fingerprint density at radius 3 is 2.78 bits per heavy atom. The largest absolute Gasteiger partial charge is 0.497 e. The van der Waals surface area contributed by atoms with Crippen LogP contribution in [0.3, 0.4) is 0 Å². The van der Waals surface area contributed by atoms with Crippen LogP contribution in [0.5, 0.6) is 11.5 Å². The minimum atomic E-state index is 0.0572. The number of nitrogens with one attached hydrogen (secondary N) is 1. The summed E-state index contributed by atoms with van der Waals surface area (Å²) < 4.78 is 10.6. The van der Waals surface area contributed by atoms with Crippen LogP contribution in [0.2, 0.25) is 0 Å². The van der Waals surface area contributed by atoms with Gasteiger partial charge in [0, 0.05) is 12.0 Å². The van der Waals surface area contributed by atoms with Gasteiger partial charge >= 0.3 is 0 Å². The molecule has 0 aliphatic carbocycles. The molecule has 1 aromatic carbocycles. The molecule has 1 aromatic rings. The highest BCUT2D eigenvalue weighted by Gasteiger charge is 2.08. The molecule has 0 radical (unpaired) electrons. The zero-order valence-electron chi connectivity index (χ0n) is 11.2. The molecule has 1 unspecified atom stereocenters. The summed E-state index contributed by atoms with van der Waals surface area (Å²) in [7, 11) is 1.62. The average molecular weight is 251 g/mol. The molecular weight excluding hydrogens is 230 g/mol. The summed E-state index contributed by atoms with van der Waals surface area (Å²) >= 11 is 0. The SMILES string of the molecule is CCC(C)C(=O)NCCOc1cccc(OC)c1. The first-order chi connectivity index (χ1) is 8.67. The Kier molecular flexibility index (Phi) is 6.05. The van der Waals surface area contributed by atoms with Crippen molar-refractivity contribution in [2.45, 2.75) is 20.3 Å². The van der Waals surface area contributed by atoms with Crippen molar-refractivity contribution in [2.24, 2.45) is 5.92 Å². The third-order valence-corrected chi connectivity index (χ3v) is 2.77. The number of amides is 1. The van der Waals surface area contributed by atoms with E-state index in [2.05, 4.69) is 5.32 Å². The van der Waals surface area contributed by atoms with E-state index in [1.165, 1.54) is 0 Å². The van der Waals surface area contributed by atoms with Gasteiger partial charge < -0.3 is 14.8 Å². The molecule has 4 heteroatoms. The van der Waals surface area contributed by atoms with Gasteiger partial charge in [0.2, 0.25) is 5.91 Å². The van der Waals surface area contributed by atoms with Crippen LogP contribution < -0.4 is 14.8 Å². The van der Waals surface area contributed by atoms with E-state index in [0.717, 1.165) is 17.9 Å². The summed E-state index contributed by atoms with van der Waals surface area (Å²) in [6.07, 6.45) is 0.850. The fraction of sp³-hybridized carbons (Fsp3) is 0.500. The Balaban J connectivity index is 2.27. The van der Waals surface area contributed by atoms with Crippen LogP contribution in [0.1, 0.15) is 20.3 Å². The number of methoxy groups -OCH3 is 1. The lowest BCUT2D eigenvalue weighted by molar-refractivity contribution is -0.124. The molecule has 100 valence electrons. The Morgan fingerprint density at radius 2 is 2.11 bits per heavy atom. The van der Waals surface area contributed by atoms with Crippen LogP contribution in [0.4, 0.5) is 0 Å². The number of benzene rings is 1. The molecule has 0 heterocycles. The normalized spacial score (nSPS) is 11.7. The summed E-state index contributed by atoms with van der Waals surface area (Å²) in [4.78, 5) is 11.5. The maximum atomic E-state index is 11.5. The second kappa shape index (κ2) is 7.58. The number of rotatable bonds is 7. The smallest absolute Gasteiger partial charge is 0.222 e. The lowest BCUT2D eigenvalue weighted by Crippen LogP contribution is -2.32. The van der Waals surface area contributed by atoms with Crippen molar-refractivity contribution >= 4 is 5.91 Å². The van der Waals surface area contributed by atoms with Gasteiger partial charge in [-0.05, 0) is 18.6 Å². The topological polar surface area (TPSA) is 47.6 Å². The monoisotopic (exact) mass is 251 g/mol. The van der Waals surface area contributed by atoms with E-state index in [-0.39, 0.29) is 11.8 Å². The average Bonchev–Trinajstić information content (AvgIpc) is 2.42. The van der Waals surface area contributed by atoms with E-state index in [1.807, 2.05) is 38.1 Å². The molecule has 0 fully saturated rings. The lowest BCUT2D eigenvalue weighted by Gasteiger charge is -2.11. The van der Waals surface area contributed by atoms with E-state index in [4.69, 9.17) is 9.47 Å².